The van der Waals surface area contributed by atoms with E-state index in [4.69, 9.17) is 0 Å². The molecule has 0 heteroatoms. The van der Waals surface area contributed by atoms with Crippen molar-refractivity contribution < 1.29 is 0 Å². The second kappa shape index (κ2) is 6.31. The van der Waals surface area contributed by atoms with Gasteiger partial charge in [0.1, 0.15) is 0 Å². The number of rotatable bonds is 1. The second-order valence-electron chi connectivity index (χ2n) is 9.02. The van der Waals surface area contributed by atoms with Crippen LogP contribution in [0.2, 0.25) is 0 Å². The van der Waals surface area contributed by atoms with Crippen molar-refractivity contribution in [2.75, 3.05) is 0 Å². The lowest BCUT2D eigenvalue weighted by Crippen LogP contribution is -2.25. The van der Waals surface area contributed by atoms with Gasteiger partial charge in [0.25, 0.3) is 0 Å². The summed E-state index contributed by atoms with van der Waals surface area (Å²) in [5.41, 5.74) is 14.6. The molecular formula is C32H22. The molecule has 2 aliphatic carbocycles. The number of hydrogen-bond donors (Lipinski definition) is 0. The van der Waals surface area contributed by atoms with Gasteiger partial charge in [0, 0.05) is 0 Å². The molecule has 0 aromatic heterocycles. The Bertz CT molecular complexity index is 1480. The molecule has 0 bridgehead atoms. The van der Waals surface area contributed by atoms with Gasteiger partial charge in [0.05, 0.1) is 5.41 Å². The summed E-state index contributed by atoms with van der Waals surface area (Å²) in [6, 6.07) is 42.7. The Labute approximate surface area is 188 Å². The summed E-state index contributed by atoms with van der Waals surface area (Å²) in [5.74, 6) is 0. The van der Waals surface area contributed by atoms with Crippen molar-refractivity contribution >= 4 is 0 Å². The molecule has 5 aromatic rings. The van der Waals surface area contributed by atoms with Crippen LogP contribution in [0.3, 0.4) is 0 Å². The molecule has 7 rings (SSSR count). The van der Waals surface area contributed by atoms with Gasteiger partial charge in [-0.05, 0) is 68.6 Å². The highest BCUT2D eigenvalue weighted by atomic mass is 14.5. The third-order valence-electron chi connectivity index (χ3n) is 7.35. The molecule has 0 unspecified atom stereocenters. The van der Waals surface area contributed by atoms with E-state index >= 15 is 0 Å². The van der Waals surface area contributed by atoms with Crippen molar-refractivity contribution in [2.24, 2.45) is 0 Å². The lowest BCUT2D eigenvalue weighted by Gasteiger charge is -2.30. The van der Waals surface area contributed by atoms with Crippen LogP contribution in [0.15, 0.2) is 115 Å². The molecule has 0 radical (unpaired) electrons. The summed E-state index contributed by atoms with van der Waals surface area (Å²) < 4.78 is 0. The Kier molecular flexibility index (Phi) is 3.50. The van der Waals surface area contributed by atoms with E-state index in [1.807, 2.05) is 0 Å². The summed E-state index contributed by atoms with van der Waals surface area (Å²) in [6.45, 7) is 2.21. The SMILES string of the molecule is Cc1ccc2c(c1)C1(c3ccccc3-c3ccccc31)c1ccc(-c3ccccc3)cc1-2. The first-order chi connectivity index (χ1) is 15.8. The quantitative estimate of drug-likeness (QED) is 0.259. The molecule has 5 aromatic carbocycles. The third kappa shape index (κ3) is 2.12. The Morgan fingerprint density at radius 3 is 1.72 bits per heavy atom. The van der Waals surface area contributed by atoms with Crippen molar-refractivity contribution in [3.8, 4) is 33.4 Å². The van der Waals surface area contributed by atoms with Gasteiger partial charge in [-0.1, -0.05) is 115 Å². The molecule has 0 saturated carbocycles. The molecule has 0 heterocycles. The van der Waals surface area contributed by atoms with Crippen molar-refractivity contribution in [3.63, 3.8) is 0 Å². The summed E-state index contributed by atoms with van der Waals surface area (Å²) >= 11 is 0. The molecule has 0 amide bonds. The lowest BCUT2D eigenvalue weighted by atomic mass is 9.70. The van der Waals surface area contributed by atoms with Crippen LogP contribution < -0.4 is 0 Å². The van der Waals surface area contributed by atoms with Gasteiger partial charge < -0.3 is 0 Å². The smallest absolute Gasteiger partial charge is 0.0622 e. The van der Waals surface area contributed by atoms with Crippen LogP contribution in [0.1, 0.15) is 27.8 Å². The van der Waals surface area contributed by atoms with E-state index in [9.17, 15) is 0 Å². The highest BCUT2D eigenvalue weighted by molar-refractivity contribution is 5.96. The zero-order valence-corrected chi connectivity index (χ0v) is 18.0. The van der Waals surface area contributed by atoms with E-state index in [1.54, 1.807) is 0 Å². The van der Waals surface area contributed by atoms with E-state index < -0.39 is 0 Å². The fourth-order valence-electron chi connectivity index (χ4n) is 6.07. The number of fused-ring (bicyclic) bond motifs is 10. The second-order valence-corrected chi connectivity index (χ2v) is 9.02. The molecule has 0 atom stereocenters. The van der Waals surface area contributed by atoms with Crippen LogP contribution in [0.25, 0.3) is 33.4 Å². The zero-order chi connectivity index (χ0) is 21.3. The monoisotopic (exact) mass is 406 g/mol. The summed E-state index contributed by atoms with van der Waals surface area (Å²) in [6.07, 6.45) is 0. The average Bonchev–Trinajstić information content (AvgIpc) is 3.31. The maximum atomic E-state index is 2.41. The van der Waals surface area contributed by atoms with Gasteiger partial charge in [-0.2, -0.15) is 0 Å². The van der Waals surface area contributed by atoms with Gasteiger partial charge >= 0.3 is 0 Å². The van der Waals surface area contributed by atoms with Crippen molar-refractivity contribution in [1.29, 1.82) is 0 Å². The highest BCUT2D eigenvalue weighted by Gasteiger charge is 2.51. The van der Waals surface area contributed by atoms with Crippen molar-refractivity contribution in [2.45, 2.75) is 12.3 Å². The molecule has 2 aliphatic rings. The maximum Gasteiger partial charge on any atom is 0.0725 e. The van der Waals surface area contributed by atoms with Gasteiger partial charge in [0.15, 0.2) is 0 Å². The molecular weight excluding hydrogens is 384 g/mol. The molecule has 1 spiro atoms. The lowest BCUT2D eigenvalue weighted by molar-refractivity contribution is 0.793. The Morgan fingerprint density at radius 2 is 1.00 bits per heavy atom. The van der Waals surface area contributed by atoms with Crippen LogP contribution in [0.5, 0.6) is 0 Å². The van der Waals surface area contributed by atoms with E-state index in [0.717, 1.165) is 0 Å². The normalized spacial score (nSPS) is 14.0. The first-order valence-electron chi connectivity index (χ1n) is 11.3. The Balaban J connectivity index is 1.62. The van der Waals surface area contributed by atoms with Gasteiger partial charge in [-0.25, -0.2) is 0 Å². The van der Waals surface area contributed by atoms with Crippen LogP contribution in [0.4, 0.5) is 0 Å². The van der Waals surface area contributed by atoms with Crippen LogP contribution in [-0.2, 0) is 5.41 Å². The Morgan fingerprint density at radius 1 is 0.406 bits per heavy atom. The topological polar surface area (TPSA) is 0 Å². The summed E-state index contributed by atoms with van der Waals surface area (Å²) in [4.78, 5) is 0. The van der Waals surface area contributed by atoms with E-state index in [0.29, 0.717) is 0 Å². The fraction of sp³-hybridized carbons (Fsp3) is 0.0625. The minimum atomic E-state index is -0.251. The standard InChI is InChI=1S/C32H22/c1-21-15-17-26-27-20-23(22-9-3-2-4-10-22)16-18-30(27)32(31(26)19-21)28-13-7-5-11-24(28)25-12-6-8-14-29(25)32/h2-20H,1H3. The highest BCUT2D eigenvalue weighted by Crippen LogP contribution is 2.63. The van der Waals surface area contributed by atoms with Crippen molar-refractivity contribution in [1.82, 2.24) is 0 Å². The number of hydrogen-bond acceptors (Lipinski definition) is 0. The summed E-state index contributed by atoms with van der Waals surface area (Å²) in [5, 5.41) is 0. The molecule has 0 saturated heterocycles. The molecule has 0 fully saturated rings. The third-order valence-corrected chi connectivity index (χ3v) is 7.35. The maximum absolute atomic E-state index is 2.41. The minimum Gasteiger partial charge on any atom is -0.0622 e. The van der Waals surface area contributed by atoms with Crippen LogP contribution in [0, 0.1) is 6.92 Å². The molecule has 0 aliphatic heterocycles. The summed E-state index contributed by atoms with van der Waals surface area (Å²) in [7, 11) is 0. The number of aryl methyl sites for hydroxylation is 1. The van der Waals surface area contributed by atoms with Gasteiger partial charge in [-0.15, -0.1) is 0 Å². The molecule has 150 valence electrons. The predicted octanol–water partition coefficient (Wildman–Crippen LogP) is 8.01. The average molecular weight is 407 g/mol. The van der Waals surface area contributed by atoms with Crippen LogP contribution in [-0.4, -0.2) is 0 Å². The molecule has 0 N–H and O–H groups in total. The molecule has 32 heavy (non-hydrogen) atoms. The zero-order valence-electron chi connectivity index (χ0n) is 18.0. The molecule has 0 nitrogen and oxygen atoms in total. The van der Waals surface area contributed by atoms with Crippen LogP contribution >= 0.6 is 0 Å². The van der Waals surface area contributed by atoms with E-state index in [2.05, 4.69) is 122 Å². The fourth-order valence-corrected chi connectivity index (χ4v) is 6.07. The van der Waals surface area contributed by atoms with E-state index in [1.165, 1.54) is 61.2 Å². The largest absolute Gasteiger partial charge is 0.0725 e. The minimum absolute atomic E-state index is 0.251. The predicted molar refractivity (Wildman–Crippen MR) is 133 cm³/mol. The Hall–Kier alpha value is -3.90. The van der Waals surface area contributed by atoms with Gasteiger partial charge in [-0.3, -0.25) is 0 Å². The van der Waals surface area contributed by atoms with Crippen molar-refractivity contribution in [3.05, 3.63) is 143 Å². The van der Waals surface area contributed by atoms with E-state index in [-0.39, 0.29) is 5.41 Å². The number of benzene rings is 5. The first-order valence-corrected chi connectivity index (χ1v) is 11.3. The first kappa shape index (κ1) is 17.7. The van der Waals surface area contributed by atoms with Gasteiger partial charge in [0.2, 0.25) is 0 Å².